The zero-order valence-corrected chi connectivity index (χ0v) is 9.74. The van der Waals surface area contributed by atoms with Crippen molar-refractivity contribution < 1.29 is 35.5 Å². The second-order valence-corrected chi connectivity index (χ2v) is 2.64. The second-order valence-electron chi connectivity index (χ2n) is 2.64. The van der Waals surface area contributed by atoms with Crippen LogP contribution in [0.1, 0.15) is 0 Å². The van der Waals surface area contributed by atoms with Gasteiger partial charge in [-0.2, -0.15) is 0 Å². The van der Waals surface area contributed by atoms with Crippen molar-refractivity contribution in [2.24, 2.45) is 0 Å². The number of nitrogens with one attached hydrogen (secondary N) is 1. The van der Waals surface area contributed by atoms with E-state index in [2.05, 4.69) is 5.32 Å². The number of hydrogen-bond donors (Lipinski definition) is 3. The van der Waals surface area contributed by atoms with Crippen molar-refractivity contribution in [2.75, 3.05) is 5.32 Å². The Morgan fingerprint density at radius 2 is 1.37 bits per heavy atom. The van der Waals surface area contributed by atoms with Crippen LogP contribution in [-0.4, -0.2) is 39.5 Å². The van der Waals surface area contributed by atoms with Crippen LogP contribution < -0.4 is 5.32 Å². The molecule has 8 heteroatoms. The first kappa shape index (κ1) is 21.6. The van der Waals surface area contributed by atoms with Crippen LogP contribution in [0.15, 0.2) is 42.5 Å². The molecule has 1 aromatic carbocycles. The third kappa shape index (κ3) is 15.3. The number of para-hydroxylation sites is 1. The Bertz CT molecular complexity index is 387. The molecule has 0 radical (unpaired) electrons. The molecule has 0 bridgehead atoms. The molecule has 0 spiro atoms. The number of hydrogen-bond acceptors (Lipinski definition) is 3. The Hall–Kier alpha value is -2.71. The quantitative estimate of drug-likeness (QED) is 0.487. The summed E-state index contributed by atoms with van der Waals surface area (Å²) in [6.45, 7) is 0. The van der Waals surface area contributed by atoms with Crippen molar-refractivity contribution in [1.82, 2.24) is 0 Å². The average molecular weight is 273 g/mol. The molecule has 0 aromatic heterocycles. The van der Waals surface area contributed by atoms with E-state index < -0.39 is 11.9 Å². The summed E-state index contributed by atoms with van der Waals surface area (Å²) in [6, 6.07) is 9.29. The van der Waals surface area contributed by atoms with Gasteiger partial charge in [0, 0.05) is 17.8 Å². The maximum absolute atomic E-state index is 9.86. The number of aliphatic carboxylic acids is 2. The van der Waals surface area contributed by atoms with Crippen LogP contribution in [-0.2, 0) is 14.4 Å². The number of carboxylic acid groups (broad SMARTS) is 2. The van der Waals surface area contributed by atoms with Crippen LogP contribution in [0.2, 0.25) is 0 Å². The van der Waals surface area contributed by atoms with Gasteiger partial charge in [-0.25, -0.2) is 9.59 Å². The topological polar surface area (TPSA) is 167 Å². The van der Waals surface area contributed by atoms with Crippen molar-refractivity contribution in [1.29, 1.82) is 0 Å². The lowest BCUT2D eigenvalue weighted by Crippen LogP contribution is -1.91. The molecule has 1 rings (SSSR count). The summed E-state index contributed by atoms with van der Waals surface area (Å²) in [5.41, 5.74) is 0.826. The molecule has 0 fully saturated rings. The van der Waals surface area contributed by atoms with Crippen LogP contribution in [0.4, 0.5) is 5.69 Å². The third-order valence-electron chi connectivity index (χ3n) is 1.37. The molecule has 0 saturated heterocycles. The number of carbonyl (C=O) groups excluding carboxylic acids is 1. The molecule has 0 aliphatic rings. The Morgan fingerprint density at radius 3 is 1.68 bits per heavy atom. The SMILES string of the molecule is O.O.O=C(O)/C=C/C(=O)O.O=CNc1ccccc1. The number of amides is 1. The van der Waals surface area contributed by atoms with Crippen LogP contribution >= 0.6 is 0 Å². The minimum Gasteiger partial charge on any atom is -0.478 e. The monoisotopic (exact) mass is 273 g/mol. The molecular formula is C11H15NO7. The minimum atomic E-state index is -1.26. The first-order valence-corrected chi connectivity index (χ1v) is 4.45. The molecule has 0 unspecified atom stereocenters. The lowest BCUT2D eigenvalue weighted by molar-refractivity contribution is -0.134. The second kappa shape index (κ2) is 13.4. The van der Waals surface area contributed by atoms with Gasteiger partial charge in [0.05, 0.1) is 0 Å². The van der Waals surface area contributed by atoms with Gasteiger partial charge >= 0.3 is 11.9 Å². The van der Waals surface area contributed by atoms with Gasteiger partial charge in [0.1, 0.15) is 0 Å². The van der Waals surface area contributed by atoms with Crippen molar-refractivity contribution in [3.8, 4) is 0 Å². The molecule has 0 saturated carbocycles. The number of benzene rings is 1. The summed E-state index contributed by atoms with van der Waals surface area (Å²) in [5.74, 6) is -2.51. The van der Waals surface area contributed by atoms with Gasteiger partial charge in [-0.1, -0.05) is 18.2 Å². The van der Waals surface area contributed by atoms with Crippen molar-refractivity contribution in [3.63, 3.8) is 0 Å². The van der Waals surface area contributed by atoms with Gasteiger partial charge in [-0.15, -0.1) is 0 Å². The number of carbonyl (C=O) groups is 3. The Morgan fingerprint density at radius 1 is 0.947 bits per heavy atom. The first-order chi connectivity index (χ1) is 8.06. The Labute approximate surface area is 108 Å². The summed E-state index contributed by atoms with van der Waals surface area (Å²) >= 11 is 0. The van der Waals surface area contributed by atoms with E-state index in [9.17, 15) is 14.4 Å². The van der Waals surface area contributed by atoms with E-state index in [1.54, 1.807) is 0 Å². The zero-order valence-electron chi connectivity index (χ0n) is 9.74. The summed E-state index contributed by atoms with van der Waals surface area (Å²) in [5, 5.41) is 18.2. The largest absolute Gasteiger partial charge is 0.478 e. The summed E-state index contributed by atoms with van der Waals surface area (Å²) in [6.07, 6.45) is 1.78. The fraction of sp³-hybridized carbons (Fsp3) is 0. The van der Waals surface area contributed by atoms with Gasteiger partial charge in [0.15, 0.2) is 0 Å². The molecule has 0 heterocycles. The smallest absolute Gasteiger partial charge is 0.328 e. The highest BCUT2D eigenvalue weighted by molar-refractivity contribution is 5.89. The van der Waals surface area contributed by atoms with Crippen LogP contribution in [0.3, 0.4) is 0 Å². The Kier molecular flexibility index (Phi) is 15.2. The summed E-state index contributed by atoms with van der Waals surface area (Å²) < 4.78 is 0. The summed E-state index contributed by atoms with van der Waals surface area (Å²) in [7, 11) is 0. The normalized spacial score (nSPS) is 8.00. The molecule has 106 valence electrons. The number of anilines is 1. The highest BCUT2D eigenvalue weighted by atomic mass is 16.4. The molecule has 0 atom stereocenters. The van der Waals surface area contributed by atoms with Gasteiger partial charge in [0.25, 0.3) is 0 Å². The van der Waals surface area contributed by atoms with Crippen molar-refractivity contribution in [3.05, 3.63) is 42.5 Å². The van der Waals surface area contributed by atoms with E-state index in [1.807, 2.05) is 30.3 Å². The van der Waals surface area contributed by atoms with Crippen molar-refractivity contribution >= 4 is 24.0 Å². The van der Waals surface area contributed by atoms with E-state index in [-0.39, 0.29) is 11.0 Å². The van der Waals surface area contributed by atoms with Crippen LogP contribution in [0.5, 0.6) is 0 Å². The predicted octanol–water partition coefficient (Wildman–Crippen LogP) is -0.683. The maximum atomic E-state index is 9.86. The molecular weight excluding hydrogens is 258 g/mol. The number of rotatable bonds is 4. The lowest BCUT2D eigenvalue weighted by atomic mass is 10.3. The van der Waals surface area contributed by atoms with Crippen LogP contribution in [0, 0.1) is 0 Å². The van der Waals surface area contributed by atoms with Crippen LogP contribution in [0.25, 0.3) is 0 Å². The van der Waals surface area contributed by atoms with Gasteiger partial charge in [0.2, 0.25) is 6.41 Å². The number of carboxylic acids is 2. The lowest BCUT2D eigenvalue weighted by Gasteiger charge is -1.93. The molecule has 1 aromatic rings. The fourth-order valence-electron chi connectivity index (χ4n) is 0.745. The first-order valence-electron chi connectivity index (χ1n) is 4.45. The standard InChI is InChI=1S/C7H7NO.C4H4O4.2H2O/c9-6-8-7-4-2-1-3-5-7;5-3(6)1-2-4(7)8;;/h1-6H,(H,8,9);1-2H,(H,5,6)(H,7,8);2*1H2/b;2-1+;;. The molecule has 7 N–H and O–H groups in total. The van der Waals surface area contributed by atoms with E-state index in [1.165, 1.54) is 0 Å². The van der Waals surface area contributed by atoms with Crippen molar-refractivity contribution in [2.45, 2.75) is 0 Å². The third-order valence-corrected chi connectivity index (χ3v) is 1.37. The fourth-order valence-corrected chi connectivity index (χ4v) is 0.745. The summed E-state index contributed by atoms with van der Waals surface area (Å²) in [4.78, 5) is 29.0. The Balaban J connectivity index is -0.000000246. The average Bonchev–Trinajstić information content (AvgIpc) is 2.29. The maximum Gasteiger partial charge on any atom is 0.328 e. The molecule has 0 aliphatic heterocycles. The molecule has 19 heavy (non-hydrogen) atoms. The van der Waals surface area contributed by atoms with E-state index in [4.69, 9.17) is 10.2 Å². The molecule has 0 aliphatic carbocycles. The van der Waals surface area contributed by atoms with Gasteiger partial charge < -0.3 is 26.5 Å². The zero-order chi connectivity index (χ0) is 13.1. The molecule has 8 nitrogen and oxygen atoms in total. The highest BCUT2D eigenvalue weighted by Crippen LogP contribution is 2.01. The van der Waals surface area contributed by atoms with Gasteiger partial charge in [-0.3, -0.25) is 4.79 Å². The van der Waals surface area contributed by atoms with E-state index >= 15 is 0 Å². The minimum absolute atomic E-state index is 0. The highest BCUT2D eigenvalue weighted by Gasteiger charge is 1.88. The molecule has 1 amide bonds. The van der Waals surface area contributed by atoms with Gasteiger partial charge in [-0.05, 0) is 12.1 Å². The van der Waals surface area contributed by atoms with E-state index in [0.29, 0.717) is 18.6 Å². The predicted molar refractivity (Wildman–Crippen MR) is 67.8 cm³/mol. The van der Waals surface area contributed by atoms with E-state index in [0.717, 1.165) is 5.69 Å².